The van der Waals surface area contributed by atoms with Crippen LogP contribution in [0.4, 0.5) is 8.78 Å². The van der Waals surface area contributed by atoms with E-state index in [2.05, 4.69) is 0 Å². The van der Waals surface area contributed by atoms with Crippen molar-refractivity contribution in [3.8, 4) is 0 Å². The molecule has 0 amide bonds. The molecule has 0 N–H and O–H groups in total. The van der Waals surface area contributed by atoms with Gasteiger partial charge in [0.1, 0.15) is 0 Å². The number of allylic oxidation sites excluding steroid dienone is 2. The van der Waals surface area contributed by atoms with Crippen molar-refractivity contribution >= 4 is 0 Å². The third-order valence-corrected chi connectivity index (χ3v) is 2.28. The molecule has 0 aromatic rings. The van der Waals surface area contributed by atoms with Crippen LogP contribution >= 0.6 is 0 Å². The van der Waals surface area contributed by atoms with Crippen LogP contribution in [0.2, 0.25) is 0 Å². The van der Waals surface area contributed by atoms with Gasteiger partial charge in [0.15, 0.2) is 0 Å². The summed E-state index contributed by atoms with van der Waals surface area (Å²) in [6.45, 7) is 4.23. The molecule has 0 saturated carbocycles. The van der Waals surface area contributed by atoms with Gasteiger partial charge in [-0.2, -0.15) is 0 Å². The summed E-state index contributed by atoms with van der Waals surface area (Å²) in [5.41, 5.74) is 1.79. The number of alkyl halides is 2. The zero-order valence-corrected chi connectivity index (χ0v) is 7.82. The van der Waals surface area contributed by atoms with Gasteiger partial charge in [0.05, 0.1) is 6.42 Å². The zero-order valence-electron chi connectivity index (χ0n) is 7.82. The van der Waals surface area contributed by atoms with Crippen LogP contribution in [0.1, 0.15) is 26.7 Å². The number of likely N-dealkylation sites (tertiary alicyclic amines) is 1. The van der Waals surface area contributed by atoms with Crippen molar-refractivity contribution in [3.05, 3.63) is 11.3 Å². The molecule has 12 heavy (non-hydrogen) atoms. The Morgan fingerprint density at radius 2 is 2.00 bits per heavy atom. The van der Waals surface area contributed by atoms with Crippen LogP contribution in [-0.4, -0.2) is 24.4 Å². The summed E-state index contributed by atoms with van der Waals surface area (Å²) in [5.74, 6) is -2.49. The average molecular weight is 175 g/mol. The summed E-state index contributed by atoms with van der Waals surface area (Å²) >= 11 is 0. The van der Waals surface area contributed by atoms with E-state index >= 15 is 0 Å². The Morgan fingerprint density at radius 1 is 1.42 bits per heavy atom. The fourth-order valence-electron chi connectivity index (χ4n) is 1.49. The molecular weight excluding hydrogens is 160 g/mol. The molecule has 0 aliphatic carbocycles. The van der Waals surface area contributed by atoms with E-state index < -0.39 is 5.92 Å². The number of piperidine rings is 1. The van der Waals surface area contributed by atoms with Crippen LogP contribution in [0.5, 0.6) is 0 Å². The van der Waals surface area contributed by atoms with Gasteiger partial charge < -0.3 is 4.90 Å². The molecule has 0 spiro atoms. The fourth-order valence-corrected chi connectivity index (χ4v) is 1.49. The van der Waals surface area contributed by atoms with Gasteiger partial charge >= 0.3 is 0 Å². The minimum absolute atomic E-state index is 0.0136. The normalized spacial score (nSPS) is 22.8. The molecule has 0 unspecified atom stereocenters. The molecule has 0 aromatic heterocycles. The van der Waals surface area contributed by atoms with E-state index in [1.807, 2.05) is 25.8 Å². The van der Waals surface area contributed by atoms with E-state index in [1.54, 1.807) is 0 Å². The fraction of sp³-hybridized carbons (Fsp3) is 0.778. The van der Waals surface area contributed by atoms with Crippen molar-refractivity contribution in [1.29, 1.82) is 0 Å². The molecule has 0 atom stereocenters. The number of rotatable bonds is 0. The Hall–Kier alpha value is -0.600. The maximum Gasteiger partial charge on any atom is 0.255 e. The lowest BCUT2D eigenvalue weighted by atomic mass is 10.0. The third kappa shape index (κ3) is 1.96. The predicted octanol–water partition coefficient (Wildman–Crippen LogP) is 2.64. The van der Waals surface area contributed by atoms with Crippen LogP contribution in [0, 0.1) is 0 Å². The van der Waals surface area contributed by atoms with Crippen molar-refractivity contribution in [3.63, 3.8) is 0 Å². The molecule has 1 aliphatic heterocycles. The number of hydrogen-bond donors (Lipinski definition) is 0. The topological polar surface area (TPSA) is 3.24 Å². The lowest BCUT2D eigenvalue weighted by molar-refractivity contribution is -0.0348. The van der Waals surface area contributed by atoms with Crippen molar-refractivity contribution in [2.24, 2.45) is 0 Å². The second kappa shape index (κ2) is 3.04. The molecular formula is C9H15F2N. The number of halogens is 2. The van der Waals surface area contributed by atoms with Gasteiger partial charge in [0.2, 0.25) is 0 Å². The standard InChI is InChI=1S/C9H15F2N/c1-7(2)8-6-9(10,11)4-5-12(8)3/h4-6H2,1-3H3. The van der Waals surface area contributed by atoms with E-state index in [9.17, 15) is 8.78 Å². The smallest absolute Gasteiger partial charge is 0.255 e. The molecule has 3 heteroatoms. The van der Waals surface area contributed by atoms with Crippen molar-refractivity contribution in [2.45, 2.75) is 32.6 Å². The minimum Gasteiger partial charge on any atom is -0.378 e. The lowest BCUT2D eigenvalue weighted by Crippen LogP contribution is -2.35. The molecule has 1 fully saturated rings. The highest BCUT2D eigenvalue weighted by molar-refractivity contribution is 5.13. The Kier molecular flexibility index (Phi) is 2.40. The third-order valence-electron chi connectivity index (χ3n) is 2.28. The maximum absolute atomic E-state index is 12.9. The Morgan fingerprint density at radius 3 is 2.42 bits per heavy atom. The SMILES string of the molecule is CC(C)=C1CC(F)(F)CCN1C. The number of nitrogens with zero attached hydrogens (tertiary/aromatic N) is 1. The molecule has 0 bridgehead atoms. The van der Waals surface area contributed by atoms with E-state index in [1.165, 1.54) is 0 Å². The summed E-state index contributed by atoms with van der Waals surface area (Å²) in [7, 11) is 1.87. The Balaban J connectivity index is 2.80. The molecule has 70 valence electrons. The van der Waals surface area contributed by atoms with Crippen LogP contribution in [0.25, 0.3) is 0 Å². The monoisotopic (exact) mass is 175 g/mol. The first kappa shape index (κ1) is 9.49. The molecule has 0 aromatic carbocycles. The van der Waals surface area contributed by atoms with Gasteiger partial charge in [0.25, 0.3) is 5.92 Å². The van der Waals surface area contributed by atoms with E-state index in [0.29, 0.717) is 6.54 Å². The van der Waals surface area contributed by atoms with Crippen molar-refractivity contribution in [1.82, 2.24) is 4.90 Å². The van der Waals surface area contributed by atoms with E-state index in [0.717, 1.165) is 11.3 Å². The molecule has 1 nitrogen and oxygen atoms in total. The second-order valence-corrected chi connectivity index (χ2v) is 3.65. The predicted molar refractivity (Wildman–Crippen MR) is 45.2 cm³/mol. The van der Waals surface area contributed by atoms with Gasteiger partial charge in [0, 0.05) is 25.7 Å². The van der Waals surface area contributed by atoms with Gasteiger partial charge in [-0.1, -0.05) is 5.57 Å². The summed E-state index contributed by atoms with van der Waals surface area (Å²) in [4.78, 5) is 1.92. The minimum atomic E-state index is -2.49. The van der Waals surface area contributed by atoms with Crippen LogP contribution in [0.15, 0.2) is 11.3 Å². The van der Waals surface area contributed by atoms with Crippen LogP contribution < -0.4 is 0 Å². The first-order valence-electron chi connectivity index (χ1n) is 4.18. The summed E-state index contributed by atoms with van der Waals surface area (Å²) < 4.78 is 25.9. The molecule has 0 radical (unpaired) electrons. The Bertz CT molecular complexity index is 205. The summed E-state index contributed by atoms with van der Waals surface area (Å²) in [5, 5.41) is 0. The number of hydrogen-bond acceptors (Lipinski definition) is 1. The Labute approximate surface area is 72.1 Å². The van der Waals surface area contributed by atoms with E-state index in [-0.39, 0.29) is 12.8 Å². The molecule has 1 heterocycles. The molecule has 1 saturated heterocycles. The van der Waals surface area contributed by atoms with Crippen molar-refractivity contribution in [2.75, 3.05) is 13.6 Å². The van der Waals surface area contributed by atoms with Gasteiger partial charge in [-0.05, 0) is 13.8 Å². The molecule has 1 rings (SSSR count). The van der Waals surface area contributed by atoms with Crippen molar-refractivity contribution < 1.29 is 8.78 Å². The van der Waals surface area contributed by atoms with Gasteiger partial charge in [-0.25, -0.2) is 8.78 Å². The maximum atomic E-state index is 12.9. The quantitative estimate of drug-likeness (QED) is 0.547. The van der Waals surface area contributed by atoms with Gasteiger partial charge in [-0.15, -0.1) is 0 Å². The highest BCUT2D eigenvalue weighted by Crippen LogP contribution is 2.34. The largest absolute Gasteiger partial charge is 0.378 e. The van der Waals surface area contributed by atoms with Crippen LogP contribution in [0.3, 0.4) is 0 Å². The first-order chi connectivity index (χ1) is 5.42. The molecule has 1 aliphatic rings. The average Bonchev–Trinajstić information content (AvgIpc) is 1.94. The summed E-state index contributed by atoms with van der Waals surface area (Å²) in [6, 6.07) is 0. The highest BCUT2D eigenvalue weighted by atomic mass is 19.3. The summed E-state index contributed by atoms with van der Waals surface area (Å²) in [6.07, 6.45) is -0.105. The second-order valence-electron chi connectivity index (χ2n) is 3.65. The first-order valence-corrected chi connectivity index (χ1v) is 4.18. The lowest BCUT2D eigenvalue weighted by Gasteiger charge is -2.34. The van der Waals surface area contributed by atoms with E-state index in [4.69, 9.17) is 0 Å². The zero-order chi connectivity index (χ0) is 9.35. The van der Waals surface area contributed by atoms with Gasteiger partial charge in [-0.3, -0.25) is 0 Å². The highest BCUT2D eigenvalue weighted by Gasteiger charge is 2.35. The van der Waals surface area contributed by atoms with Crippen LogP contribution in [-0.2, 0) is 0 Å².